The summed E-state index contributed by atoms with van der Waals surface area (Å²) in [6.07, 6.45) is 20.7. The standard InChI is InChI=1S/C24H23N5O3.C24H23N5O2.C20H18N6.C18H18ClN5O2.C18H20N6O3/c25-22-12-21(16-8-11-20(24(30)31)26-13-16)28-23-19(14-27-29(22)23)15-6-9-18(10-7-15)32-17-4-2-1-3-5-17;25-22-12-21(18-10-11-20(24(30)31)26-13-18)28-23-19(14-27-29(22)23)17-8-6-16(7-9-17)15-4-2-1-3-5-15;21-19-10-18(13-5-7-22-8-6-13)25-20-16(12-24-26(19)20)15-9-14-3-1-2-4-17(14)23-11-15;19-12-4-1-10(2-5-12)13-9-22-24-16(20)7-15(23-17(13)24)11-3-6-14(18(25)26)21-8-11;1-27-16-6-10(4-5-20-16)12-9-22-24-15(19)7-14(23-17(12)24)11-2-3-13(18(25)26)21-8-11/h1-7,9-10,12,14,16,20,26H,8,11,13,25H2,(H,30,31);1-9,12,14,18,20,26H,10-11,13,25H2,(H,30,31);1-5,9-12,22H,6-8,21H2;1-2,4-5,7,9,11,14,21H,3,6,8,20H2,(H,25,26);4-7,9,11,13,21H,2-3,8,19H2,1H3,(H,25,26). The molecule has 17 heterocycles. The van der Waals surface area contributed by atoms with Gasteiger partial charge in [-0.2, -0.15) is 48.1 Å². The first kappa shape index (κ1) is 94.3. The molecule has 0 bridgehead atoms. The van der Waals surface area contributed by atoms with E-state index in [2.05, 4.69) is 117 Å². The van der Waals surface area contributed by atoms with E-state index in [9.17, 15) is 29.4 Å². The van der Waals surface area contributed by atoms with E-state index in [1.54, 1.807) is 60.7 Å². The van der Waals surface area contributed by atoms with Crippen LogP contribution in [-0.4, -0.2) is 198 Å². The number of carbonyl (C=O) groups is 4. The molecule has 12 aromatic heterocycles. The van der Waals surface area contributed by atoms with E-state index in [4.69, 9.17) is 84.9 Å². The Labute approximate surface area is 817 Å². The summed E-state index contributed by atoms with van der Waals surface area (Å²) in [4.78, 5) is 77.5. The highest BCUT2D eigenvalue weighted by Crippen LogP contribution is 2.39. The average Bonchev–Trinajstić information content (AvgIpc) is 1.63. The third-order valence-electron chi connectivity index (χ3n) is 26.3. The lowest BCUT2D eigenvalue weighted by atomic mass is 9.92. The molecular weight excluding hydrogens is 1820 g/mol. The van der Waals surface area contributed by atoms with Crippen molar-refractivity contribution in [2.24, 2.45) is 0 Å². The van der Waals surface area contributed by atoms with Crippen molar-refractivity contribution < 1.29 is 49.1 Å². The Hall–Kier alpha value is -16.7. The number of nitrogen functional groups attached to an aromatic ring is 5. The summed E-state index contributed by atoms with van der Waals surface area (Å²) in [5, 5.41) is 76.0. The van der Waals surface area contributed by atoms with Gasteiger partial charge in [-0.15, -0.1) is 0 Å². The van der Waals surface area contributed by atoms with Crippen molar-refractivity contribution in [2.45, 2.75) is 106 Å². The molecule has 0 spiro atoms. The highest BCUT2D eigenvalue weighted by atomic mass is 35.5. The van der Waals surface area contributed by atoms with Gasteiger partial charge in [0.1, 0.15) is 64.8 Å². The second-order valence-corrected chi connectivity index (χ2v) is 35.8. The largest absolute Gasteiger partial charge is 0.481 e. The maximum absolute atomic E-state index is 11.2. The fourth-order valence-corrected chi connectivity index (χ4v) is 18.6. The van der Waals surface area contributed by atoms with Crippen molar-refractivity contribution in [3.63, 3.8) is 0 Å². The molecule has 8 unspecified atom stereocenters. The first-order chi connectivity index (χ1) is 69.1. The fourth-order valence-electron chi connectivity index (χ4n) is 18.5. The first-order valence-electron chi connectivity index (χ1n) is 46.6. The molecule has 4 saturated heterocycles. The highest BCUT2D eigenvalue weighted by molar-refractivity contribution is 6.30. The Bertz CT molecular complexity index is 7680. The van der Waals surface area contributed by atoms with Gasteiger partial charge in [0, 0.05) is 149 Å². The van der Waals surface area contributed by atoms with E-state index in [0.29, 0.717) is 114 Å². The molecule has 38 heteroatoms. The van der Waals surface area contributed by atoms with Crippen LogP contribution < -0.4 is 64.7 Å². The predicted molar refractivity (Wildman–Crippen MR) is 542 cm³/mol. The lowest BCUT2D eigenvalue weighted by Gasteiger charge is -2.27. The third kappa shape index (κ3) is 20.7. The smallest absolute Gasteiger partial charge is 0.320 e. The fraction of sp³-hybridized carbons (Fsp3) is 0.231. The van der Waals surface area contributed by atoms with Gasteiger partial charge in [-0.3, -0.25) is 24.2 Å². The lowest BCUT2D eigenvalue weighted by molar-refractivity contribution is -0.141. The van der Waals surface area contributed by atoms with Gasteiger partial charge in [0.25, 0.3) is 0 Å². The van der Waals surface area contributed by atoms with Crippen LogP contribution in [-0.2, 0) is 19.2 Å². The Kier molecular flexibility index (Phi) is 27.8. The summed E-state index contributed by atoms with van der Waals surface area (Å²) >= 11 is 5.97. The van der Waals surface area contributed by atoms with Crippen molar-refractivity contribution in [1.82, 2.24) is 110 Å². The van der Waals surface area contributed by atoms with Crippen molar-refractivity contribution >= 4 is 109 Å². The number of ether oxygens (including phenoxy) is 2. The molecule has 6 aromatic carbocycles. The quantitative estimate of drug-likeness (QED) is 0.0379. The van der Waals surface area contributed by atoms with Gasteiger partial charge in [-0.05, 0) is 158 Å². The van der Waals surface area contributed by atoms with Gasteiger partial charge < -0.3 is 85.2 Å². The molecule has 720 valence electrons. The molecule has 23 rings (SSSR count). The summed E-state index contributed by atoms with van der Waals surface area (Å²) < 4.78 is 19.3. The molecule has 0 aliphatic carbocycles. The zero-order chi connectivity index (χ0) is 98.2. The van der Waals surface area contributed by atoms with Gasteiger partial charge in [0.05, 0.1) is 72.1 Å². The number of anilines is 5. The van der Waals surface area contributed by atoms with Crippen LogP contribution in [0.5, 0.6) is 17.4 Å². The zero-order valence-electron chi connectivity index (χ0n) is 77.1. The number of benzene rings is 6. The number of rotatable bonds is 18. The van der Waals surface area contributed by atoms with Crippen LogP contribution in [0.4, 0.5) is 29.1 Å². The Balaban J connectivity index is 0.000000113. The first-order valence-corrected chi connectivity index (χ1v) is 47.0. The number of aromatic nitrogens is 17. The molecule has 0 radical (unpaired) electrons. The molecule has 0 saturated carbocycles. The van der Waals surface area contributed by atoms with Gasteiger partial charge in [-0.25, -0.2) is 29.9 Å². The van der Waals surface area contributed by atoms with E-state index >= 15 is 0 Å². The van der Waals surface area contributed by atoms with Crippen LogP contribution in [0, 0.1) is 0 Å². The second kappa shape index (κ2) is 41.9. The van der Waals surface area contributed by atoms with E-state index in [1.165, 1.54) is 11.1 Å². The van der Waals surface area contributed by atoms with Gasteiger partial charge in [-0.1, -0.05) is 133 Å². The van der Waals surface area contributed by atoms with Gasteiger partial charge >= 0.3 is 23.9 Å². The summed E-state index contributed by atoms with van der Waals surface area (Å²) in [7, 11) is 1.57. The summed E-state index contributed by atoms with van der Waals surface area (Å²) in [6, 6.07) is 64.5. The van der Waals surface area contributed by atoms with Crippen molar-refractivity contribution in [3.05, 3.63) is 289 Å². The molecule has 142 heavy (non-hydrogen) atoms. The summed E-state index contributed by atoms with van der Waals surface area (Å²) in [5.41, 5.74) is 52.7. The summed E-state index contributed by atoms with van der Waals surface area (Å²) in [5.74, 6) is 1.81. The molecule has 4 fully saturated rings. The minimum Gasteiger partial charge on any atom is -0.481 e. The molecular formula is C104H102ClN27O10. The van der Waals surface area contributed by atoms with Crippen molar-refractivity contribution in [1.29, 1.82) is 0 Å². The molecule has 8 atom stereocenters. The van der Waals surface area contributed by atoms with Crippen LogP contribution in [0.15, 0.2) is 256 Å². The lowest BCUT2D eigenvalue weighted by Crippen LogP contribution is -2.43. The number of hydrogen-bond donors (Lipinski definition) is 14. The van der Waals surface area contributed by atoms with Crippen LogP contribution in [0.25, 0.3) is 111 Å². The van der Waals surface area contributed by atoms with E-state index in [1.807, 2.05) is 170 Å². The maximum atomic E-state index is 11.2. The Morgan fingerprint density at radius 2 is 0.739 bits per heavy atom. The van der Waals surface area contributed by atoms with Gasteiger partial charge in [0.15, 0.2) is 28.2 Å². The Morgan fingerprint density at radius 3 is 1.15 bits per heavy atom. The number of hydrogen-bond acceptors (Lipinski definition) is 28. The maximum Gasteiger partial charge on any atom is 0.320 e. The number of carboxylic acids is 4. The molecule has 18 aromatic rings. The Morgan fingerprint density at radius 1 is 0.373 bits per heavy atom. The SMILES string of the molecule is COc1cc(-c2cnn3c(N)cc(C4CCC(C(=O)O)NC4)nc23)ccn1.Nc1cc(C2=CCNCC2)nc2c(-c3cnc4ccccc4c3)cnn12.Nc1cc(C2CCC(C(=O)O)NC2)nc2c(-c3ccc(-c4ccccc4)cc3)cnn12.Nc1cc(C2CCC(C(=O)O)NC2)nc2c(-c3ccc(Cl)cc3)cnn12.Nc1cc(C2CCC(C(=O)O)NC2)nc2c(-c3ccc(Oc4ccccc4)cc3)cnn12. The number of fused-ring (bicyclic) bond motifs is 6. The van der Waals surface area contributed by atoms with Crippen LogP contribution in [0.1, 0.15) is 110 Å². The average molecular weight is 1930 g/mol. The van der Waals surface area contributed by atoms with Crippen LogP contribution >= 0.6 is 11.6 Å². The molecule has 37 nitrogen and oxygen atoms in total. The normalized spacial score (nSPS) is 18.5. The van der Waals surface area contributed by atoms with Crippen molar-refractivity contribution in [3.8, 4) is 84.1 Å². The highest BCUT2D eigenvalue weighted by Gasteiger charge is 2.34. The topological polar surface area (TPSA) is 535 Å². The number of piperidine rings is 4. The zero-order valence-corrected chi connectivity index (χ0v) is 77.8. The second-order valence-electron chi connectivity index (χ2n) is 35.3. The van der Waals surface area contributed by atoms with E-state index < -0.39 is 48.0 Å². The minimum atomic E-state index is -0.818. The third-order valence-corrected chi connectivity index (χ3v) is 26.5. The number of methoxy groups -OCH3 is 1. The number of halogens is 1. The van der Waals surface area contributed by atoms with E-state index in [0.717, 1.165) is 163 Å². The number of para-hydroxylation sites is 2. The number of aliphatic carboxylic acids is 4. The summed E-state index contributed by atoms with van der Waals surface area (Å²) in [6.45, 7) is 4.04. The molecule has 19 N–H and O–H groups in total. The number of nitrogens with one attached hydrogen (secondary N) is 5. The molecule has 5 aliphatic heterocycles. The number of carboxylic acid groups (broad SMARTS) is 4. The van der Waals surface area contributed by atoms with Crippen LogP contribution in [0.2, 0.25) is 5.02 Å². The predicted octanol–water partition coefficient (Wildman–Crippen LogP) is 14.0. The van der Waals surface area contributed by atoms with Crippen molar-refractivity contribution in [2.75, 3.05) is 75.0 Å². The number of pyridine rings is 2. The minimum absolute atomic E-state index is 0.0994. The van der Waals surface area contributed by atoms with Gasteiger partial charge in [0.2, 0.25) is 5.88 Å². The van der Waals surface area contributed by atoms with E-state index in [-0.39, 0.29) is 23.7 Å². The monoisotopic (exact) mass is 1920 g/mol. The molecule has 5 aliphatic rings. The number of nitrogens with two attached hydrogens (primary N) is 5. The number of nitrogens with zero attached hydrogens (tertiary/aromatic N) is 17. The molecule has 0 amide bonds. The van der Waals surface area contributed by atoms with Crippen LogP contribution in [0.3, 0.4) is 0 Å².